The first-order valence-electron chi connectivity index (χ1n) is 6.66. The third-order valence-corrected chi connectivity index (χ3v) is 3.16. The third-order valence-electron chi connectivity index (χ3n) is 3.16. The largest absolute Gasteiger partial charge is 0.416 e. The molecule has 3 nitrogen and oxygen atoms in total. The number of hydrogen-bond acceptors (Lipinski definition) is 3. The van der Waals surface area contributed by atoms with Crippen molar-refractivity contribution in [3.63, 3.8) is 0 Å². The number of alkyl halides is 3. The summed E-state index contributed by atoms with van der Waals surface area (Å²) in [6.07, 6.45) is -3.33. The summed E-state index contributed by atoms with van der Waals surface area (Å²) in [6.45, 7) is 4.37. The lowest BCUT2D eigenvalue weighted by molar-refractivity contribution is -0.137. The van der Waals surface area contributed by atoms with E-state index in [4.69, 9.17) is 10.6 Å². The highest BCUT2D eigenvalue weighted by Crippen LogP contribution is 2.29. The van der Waals surface area contributed by atoms with Gasteiger partial charge in [0.2, 0.25) is 0 Å². The fraction of sp³-hybridized carbons (Fsp3) is 0.571. The van der Waals surface area contributed by atoms with Crippen LogP contribution in [-0.4, -0.2) is 18.8 Å². The molecular formula is C14H21F3N2O. The molecule has 0 amide bonds. The van der Waals surface area contributed by atoms with Gasteiger partial charge in [-0.05, 0) is 31.4 Å². The van der Waals surface area contributed by atoms with Gasteiger partial charge in [-0.25, -0.2) is 0 Å². The molecule has 0 spiro atoms. The minimum absolute atomic E-state index is 0.125. The molecule has 1 aromatic carbocycles. The molecule has 2 unspecified atom stereocenters. The summed E-state index contributed by atoms with van der Waals surface area (Å²) in [5.74, 6) is 5.50. The molecular weight excluding hydrogens is 269 g/mol. The predicted octanol–water partition coefficient (Wildman–Crippen LogP) is 2.89. The Balaban J connectivity index is 2.84. The van der Waals surface area contributed by atoms with Gasteiger partial charge in [-0.3, -0.25) is 11.3 Å². The Morgan fingerprint density at radius 3 is 2.50 bits per heavy atom. The van der Waals surface area contributed by atoms with E-state index in [-0.39, 0.29) is 12.1 Å². The number of nitrogens with one attached hydrogen (secondary N) is 1. The van der Waals surface area contributed by atoms with Crippen molar-refractivity contribution in [3.8, 4) is 0 Å². The smallest absolute Gasteiger partial charge is 0.377 e. The number of benzene rings is 1. The lowest BCUT2D eigenvalue weighted by atomic mass is 9.98. The third kappa shape index (κ3) is 4.77. The van der Waals surface area contributed by atoms with Crippen molar-refractivity contribution in [2.45, 2.75) is 45.0 Å². The monoisotopic (exact) mass is 290 g/mol. The van der Waals surface area contributed by atoms with Crippen LogP contribution in [0.1, 0.15) is 31.4 Å². The molecule has 0 aliphatic rings. The van der Waals surface area contributed by atoms with E-state index in [1.165, 1.54) is 6.07 Å². The molecule has 0 heterocycles. The Bertz CT molecular complexity index is 410. The molecule has 0 radical (unpaired) electrons. The van der Waals surface area contributed by atoms with E-state index in [0.29, 0.717) is 18.6 Å². The molecule has 6 heteroatoms. The summed E-state index contributed by atoms with van der Waals surface area (Å²) in [5, 5.41) is 0. The van der Waals surface area contributed by atoms with Crippen molar-refractivity contribution in [1.29, 1.82) is 0 Å². The highest BCUT2D eigenvalue weighted by atomic mass is 19.4. The molecule has 0 aliphatic heterocycles. The van der Waals surface area contributed by atoms with Gasteiger partial charge in [0.15, 0.2) is 0 Å². The lowest BCUT2D eigenvalue weighted by Crippen LogP contribution is -2.46. The maximum atomic E-state index is 12.7. The highest BCUT2D eigenvalue weighted by Gasteiger charge is 2.30. The Kier molecular flexibility index (Phi) is 6.45. The van der Waals surface area contributed by atoms with Gasteiger partial charge in [-0.1, -0.05) is 25.1 Å². The number of hydrogen-bond donors (Lipinski definition) is 2. The standard InChI is InChI=1S/C14H21F3N2O/c1-3-13(20-4-2)12(19-18)9-10-6-5-7-11(8-10)14(15,16)17/h5-8,12-13,19H,3-4,9,18H2,1-2H3. The number of rotatable bonds is 7. The van der Waals surface area contributed by atoms with Crippen LogP contribution in [0, 0.1) is 0 Å². The van der Waals surface area contributed by atoms with Crippen LogP contribution >= 0.6 is 0 Å². The molecule has 0 aromatic heterocycles. The van der Waals surface area contributed by atoms with Crippen molar-refractivity contribution in [2.24, 2.45) is 5.84 Å². The van der Waals surface area contributed by atoms with E-state index >= 15 is 0 Å². The second-order valence-electron chi connectivity index (χ2n) is 4.58. The van der Waals surface area contributed by atoms with Gasteiger partial charge in [-0.15, -0.1) is 0 Å². The zero-order chi connectivity index (χ0) is 15.2. The van der Waals surface area contributed by atoms with E-state index in [0.717, 1.165) is 18.6 Å². The van der Waals surface area contributed by atoms with E-state index < -0.39 is 11.7 Å². The van der Waals surface area contributed by atoms with E-state index in [1.807, 2.05) is 13.8 Å². The molecule has 1 rings (SSSR count). The number of ether oxygens (including phenoxy) is 1. The van der Waals surface area contributed by atoms with Crippen LogP contribution in [0.25, 0.3) is 0 Å². The Morgan fingerprint density at radius 2 is 2.00 bits per heavy atom. The first-order valence-corrected chi connectivity index (χ1v) is 6.66. The normalized spacial score (nSPS) is 15.1. The summed E-state index contributed by atoms with van der Waals surface area (Å²) in [5.41, 5.74) is 2.58. The first kappa shape index (κ1) is 16.9. The van der Waals surface area contributed by atoms with Crippen molar-refractivity contribution >= 4 is 0 Å². The van der Waals surface area contributed by atoms with Crippen LogP contribution in [0.2, 0.25) is 0 Å². The van der Waals surface area contributed by atoms with Crippen molar-refractivity contribution in [1.82, 2.24) is 5.43 Å². The number of halogens is 3. The highest BCUT2D eigenvalue weighted by molar-refractivity contribution is 5.26. The minimum Gasteiger partial charge on any atom is -0.377 e. The maximum absolute atomic E-state index is 12.7. The quantitative estimate of drug-likeness (QED) is 0.599. The minimum atomic E-state index is -4.33. The second kappa shape index (κ2) is 7.61. The SMILES string of the molecule is CCOC(CC)C(Cc1cccc(C(F)(F)F)c1)NN. The van der Waals surface area contributed by atoms with E-state index in [1.54, 1.807) is 6.07 Å². The van der Waals surface area contributed by atoms with Crippen LogP contribution in [0.4, 0.5) is 13.2 Å². The van der Waals surface area contributed by atoms with Crippen LogP contribution < -0.4 is 11.3 Å². The van der Waals surface area contributed by atoms with Crippen molar-refractivity contribution in [2.75, 3.05) is 6.61 Å². The molecule has 114 valence electrons. The summed E-state index contributed by atoms with van der Waals surface area (Å²) in [6, 6.07) is 5.08. The molecule has 0 bridgehead atoms. The average molecular weight is 290 g/mol. The predicted molar refractivity (Wildman–Crippen MR) is 72.0 cm³/mol. The van der Waals surface area contributed by atoms with Gasteiger partial charge in [0.1, 0.15) is 0 Å². The van der Waals surface area contributed by atoms with Gasteiger partial charge in [0.05, 0.1) is 17.7 Å². The molecule has 0 saturated carbocycles. The van der Waals surface area contributed by atoms with E-state index in [2.05, 4.69) is 5.43 Å². The van der Waals surface area contributed by atoms with Crippen LogP contribution in [0.5, 0.6) is 0 Å². The van der Waals surface area contributed by atoms with Gasteiger partial charge in [0, 0.05) is 6.61 Å². The van der Waals surface area contributed by atoms with Crippen molar-refractivity contribution < 1.29 is 17.9 Å². The van der Waals surface area contributed by atoms with Crippen molar-refractivity contribution in [3.05, 3.63) is 35.4 Å². The summed E-state index contributed by atoms with van der Waals surface area (Å²) in [4.78, 5) is 0. The molecule has 3 N–H and O–H groups in total. The van der Waals surface area contributed by atoms with Gasteiger partial charge < -0.3 is 4.74 Å². The lowest BCUT2D eigenvalue weighted by Gasteiger charge is -2.25. The molecule has 0 saturated heterocycles. The average Bonchev–Trinajstić information content (AvgIpc) is 2.42. The Morgan fingerprint density at radius 1 is 1.30 bits per heavy atom. The first-order chi connectivity index (χ1) is 9.42. The zero-order valence-electron chi connectivity index (χ0n) is 11.7. The molecule has 0 aliphatic carbocycles. The van der Waals surface area contributed by atoms with Crippen LogP contribution in [-0.2, 0) is 17.3 Å². The van der Waals surface area contributed by atoms with Gasteiger partial charge in [0.25, 0.3) is 0 Å². The molecule has 2 atom stereocenters. The zero-order valence-corrected chi connectivity index (χ0v) is 11.7. The second-order valence-corrected chi connectivity index (χ2v) is 4.58. The van der Waals surface area contributed by atoms with E-state index in [9.17, 15) is 13.2 Å². The topological polar surface area (TPSA) is 47.3 Å². The molecule has 0 fully saturated rings. The molecule has 20 heavy (non-hydrogen) atoms. The summed E-state index contributed by atoms with van der Waals surface area (Å²) >= 11 is 0. The van der Waals surface area contributed by atoms with Crippen LogP contribution in [0.3, 0.4) is 0 Å². The Labute approximate surface area is 117 Å². The fourth-order valence-electron chi connectivity index (χ4n) is 2.16. The maximum Gasteiger partial charge on any atom is 0.416 e. The Hall–Kier alpha value is -1.11. The summed E-state index contributed by atoms with van der Waals surface area (Å²) < 4.78 is 43.6. The van der Waals surface area contributed by atoms with Crippen LogP contribution in [0.15, 0.2) is 24.3 Å². The molecule has 1 aromatic rings. The van der Waals surface area contributed by atoms with Gasteiger partial charge in [-0.2, -0.15) is 13.2 Å². The van der Waals surface area contributed by atoms with Gasteiger partial charge >= 0.3 is 6.18 Å². The fourth-order valence-corrected chi connectivity index (χ4v) is 2.16. The summed E-state index contributed by atoms with van der Waals surface area (Å²) in [7, 11) is 0. The number of nitrogens with two attached hydrogens (primary N) is 1. The number of hydrazine groups is 1.